The number of amides is 2. The van der Waals surface area contributed by atoms with Gasteiger partial charge in [0.05, 0.1) is 6.54 Å². The third-order valence-electron chi connectivity index (χ3n) is 2.93. The van der Waals surface area contributed by atoms with E-state index in [1.165, 1.54) is 6.33 Å². The zero-order chi connectivity index (χ0) is 12.8. The van der Waals surface area contributed by atoms with E-state index in [9.17, 15) is 9.59 Å². The number of aromatic nitrogens is 3. The van der Waals surface area contributed by atoms with Crippen LogP contribution in [0.5, 0.6) is 0 Å². The normalized spacial score (nSPS) is 17.1. The first-order chi connectivity index (χ1) is 8.75. The van der Waals surface area contributed by atoms with Crippen molar-refractivity contribution in [3.63, 3.8) is 0 Å². The molecule has 7 nitrogen and oxygen atoms in total. The lowest BCUT2D eigenvalue weighted by atomic mass is 10.1. The zero-order valence-electron chi connectivity index (χ0n) is 10.2. The average molecular weight is 251 g/mol. The van der Waals surface area contributed by atoms with Gasteiger partial charge in [-0.1, -0.05) is 12.8 Å². The molecule has 0 unspecified atom stereocenters. The SMILES string of the molecule is O=C(CN1CCCCCCC1=O)Nc1ncn[nH]1. The van der Waals surface area contributed by atoms with Crippen LogP contribution < -0.4 is 5.32 Å². The molecular weight excluding hydrogens is 234 g/mol. The van der Waals surface area contributed by atoms with E-state index in [0.29, 0.717) is 18.9 Å². The molecule has 0 saturated carbocycles. The summed E-state index contributed by atoms with van der Waals surface area (Å²) in [6.07, 6.45) is 5.95. The van der Waals surface area contributed by atoms with E-state index in [0.717, 1.165) is 25.7 Å². The summed E-state index contributed by atoms with van der Waals surface area (Å²) in [6.45, 7) is 0.738. The number of nitrogens with one attached hydrogen (secondary N) is 2. The van der Waals surface area contributed by atoms with Crippen molar-refractivity contribution in [2.24, 2.45) is 0 Å². The Kier molecular flexibility index (Phi) is 4.27. The fraction of sp³-hybridized carbons (Fsp3) is 0.636. The maximum absolute atomic E-state index is 11.8. The van der Waals surface area contributed by atoms with Crippen LogP contribution in [0.2, 0.25) is 0 Å². The first-order valence-corrected chi connectivity index (χ1v) is 6.19. The van der Waals surface area contributed by atoms with Crippen LogP contribution >= 0.6 is 0 Å². The molecule has 98 valence electrons. The maximum Gasteiger partial charge on any atom is 0.246 e. The number of carbonyl (C=O) groups is 2. The second-order valence-corrected chi connectivity index (χ2v) is 4.36. The van der Waals surface area contributed by atoms with Crippen molar-refractivity contribution in [1.82, 2.24) is 20.1 Å². The molecule has 0 atom stereocenters. The van der Waals surface area contributed by atoms with Crippen LogP contribution in [0.4, 0.5) is 5.95 Å². The van der Waals surface area contributed by atoms with Gasteiger partial charge in [0.15, 0.2) is 0 Å². The van der Waals surface area contributed by atoms with Gasteiger partial charge in [-0.25, -0.2) is 5.10 Å². The topological polar surface area (TPSA) is 91.0 Å². The third-order valence-corrected chi connectivity index (χ3v) is 2.93. The molecule has 0 radical (unpaired) electrons. The Hall–Kier alpha value is -1.92. The molecule has 1 saturated heterocycles. The van der Waals surface area contributed by atoms with Gasteiger partial charge >= 0.3 is 0 Å². The van der Waals surface area contributed by atoms with Crippen LogP contribution in [0.15, 0.2) is 6.33 Å². The van der Waals surface area contributed by atoms with Gasteiger partial charge in [-0.2, -0.15) is 10.1 Å². The minimum atomic E-state index is -0.249. The largest absolute Gasteiger partial charge is 0.333 e. The summed E-state index contributed by atoms with van der Waals surface area (Å²) in [5.41, 5.74) is 0. The van der Waals surface area contributed by atoms with Crippen LogP contribution in [-0.4, -0.2) is 45.0 Å². The van der Waals surface area contributed by atoms with Gasteiger partial charge in [-0.05, 0) is 12.8 Å². The minimum Gasteiger partial charge on any atom is -0.333 e. The van der Waals surface area contributed by atoms with E-state index in [-0.39, 0.29) is 18.4 Å². The average Bonchev–Trinajstić information content (AvgIpc) is 2.81. The molecule has 18 heavy (non-hydrogen) atoms. The van der Waals surface area contributed by atoms with Gasteiger partial charge in [0.1, 0.15) is 6.33 Å². The van der Waals surface area contributed by atoms with Gasteiger partial charge in [0, 0.05) is 13.0 Å². The lowest BCUT2D eigenvalue weighted by Gasteiger charge is -2.23. The Bertz CT molecular complexity index is 404. The van der Waals surface area contributed by atoms with Crippen molar-refractivity contribution >= 4 is 17.8 Å². The maximum atomic E-state index is 11.8. The summed E-state index contributed by atoms with van der Waals surface area (Å²) >= 11 is 0. The fourth-order valence-electron chi connectivity index (χ4n) is 1.99. The third kappa shape index (κ3) is 3.54. The molecule has 0 aromatic carbocycles. The molecule has 2 N–H and O–H groups in total. The molecule has 1 aromatic rings. The highest BCUT2D eigenvalue weighted by Crippen LogP contribution is 2.11. The van der Waals surface area contributed by atoms with Gasteiger partial charge < -0.3 is 4.90 Å². The van der Waals surface area contributed by atoms with Crippen molar-refractivity contribution in [2.75, 3.05) is 18.4 Å². The molecule has 1 fully saturated rings. The molecule has 2 rings (SSSR count). The number of hydrogen-bond donors (Lipinski definition) is 2. The van der Waals surface area contributed by atoms with Gasteiger partial charge in [0.2, 0.25) is 17.8 Å². The van der Waals surface area contributed by atoms with Gasteiger partial charge in [-0.3, -0.25) is 14.9 Å². The molecule has 2 heterocycles. The highest BCUT2D eigenvalue weighted by Gasteiger charge is 2.18. The van der Waals surface area contributed by atoms with Gasteiger partial charge in [0.25, 0.3) is 0 Å². The molecule has 1 aliphatic heterocycles. The number of nitrogens with zero attached hydrogens (tertiary/aromatic N) is 3. The highest BCUT2D eigenvalue weighted by molar-refractivity contribution is 5.93. The standard InChI is InChI=1S/C11H17N5O2/c17-9(14-11-12-8-13-15-11)7-16-6-4-2-1-3-5-10(16)18/h8H,1-7H2,(H2,12,13,14,15,17). The van der Waals surface area contributed by atoms with E-state index < -0.39 is 0 Å². The van der Waals surface area contributed by atoms with Crippen molar-refractivity contribution < 1.29 is 9.59 Å². The van der Waals surface area contributed by atoms with E-state index >= 15 is 0 Å². The summed E-state index contributed by atoms with van der Waals surface area (Å²) in [4.78, 5) is 29.0. The van der Waals surface area contributed by atoms with Crippen molar-refractivity contribution in [3.05, 3.63) is 6.33 Å². The predicted octanol–water partition coefficient (Wildman–Crippen LogP) is 0.536. The first-order valence-electron chi connectivity index (χ1n) is 6.19. The fourth-order valence-corrected chi connectivity index (χ4v) is 1.99. The number of likely N-dealkylation sites (tertiary alicyclic amines) is 1. The molecular formula is C11H17N5O2. The van der Waals surface area contributed by atoms with Crippen molar-refractivity contribution in [2.45, 2.75) is 32.1 Å². The zero-order valence-corrected chi connectivity index (χ0v) is 10.2. The highest BCUT2D eigenvalue weighted by atomic mass is 16.2. The minimum absolute atomic E-state index is 0.0578. The Morgan fingerprint density at radius 2 is 2.22 bits per heavy atom. The number of rotatable bonds is 3. The molecule has 7 heteroatoms. The molecule has 2 amide bonds. The number of carbonyl (C=O) groups excluding carboxylic acids is 2. The van der Waals surface area contributed by atoms with Crippen molar-refractivity contribution in [3.8, 4) is 0 Å². The van der Waals surface area contributed by atoms with Crippen molar-refractivity contribution in [1.29, 1.82) is 0 Å². The summed E-state index contributed by atoms with van der Waals surface area (Å²) in [7, 11) is 0. The molecule has 0 spiro atoms. The summed E-state index contributed by atoms with van der Waals surface area (Å²) in [5, 5.41) is 8.74. The second-order valence-electron chi connectivity index (χ2n) is 4.36. The smallest absolute Gasteiger partial charge is 0.246 e. The van der Waals surface area contributed by atoms with E-state index in [1.54, 1.807) is 4.90 Å². The molecule has 0 bridgehead atoms. The quantitative estimate of drug-likeness (QED) is 0.820. The number of H-pyrrole nitrogens is 1. The lowest BCUT2D eigenvalue weighted by Crippen LogP contribution is -2.39. The lowest BCUT2D eigenvalue weighted by molar-refractivity contribution is -0.135. The first kappa shape index (κ1) is 12.5. The van der Waals surface area contributed by atoms with E-state index in [4.69, 9.17) is 0 Å². The molecule has 1 aliphatic rings. The summed E-state index contributed by atoms with van der Waals surface area (Å²) in [5.74, 6) is 0.114. The Balaban J connectivity index is 1.86. The Morgan fingerprint density at radius 1 is 1.39 bits per heavy atom. The van der Waals surface area contributed by atoms with E-state index in [2.05, 4.69) is 20.5 Å². The summed E-state index contributed by atoms with van der Waals surface area (Å²) in [6, 6.07) is 0. The van der Waals surface area contributed by atoms with Crippen LogP contribution in [0, 0.1) is 0 Å². The van der Waals surface area contributed by atoms with Gasteiger partial charge in [-0.15, -0.1) is 0 Å². The monoisotopic (exact) mass is 251 g/mol. The Labute approximate surface area is 105 Å². The van der Waals surface area contributed by atoms with Crippen LogP contribution in [0.3, 0.4) is 0 Å². The molecule has 1 aromatic heterocycles. The number of hydrogen-bond acceptors (Lipinski definition) is 4. The number of anilines is 1. The predicted molar refractivity (Wildman–Crippen MR) is 64.7 cm³/mol. The van der Waals surface area contributed by atoms with E-state index in [1.807, 2.05) is 0 Å². The number of aromatic amines is 1. The van der Waals surface area contributed by atoms with Crippen LogP contribution in [0.25, 0.3) is 0 Å². The van der Waals surface area contributed by atoms with Crippen LogP contribution in [-0.2, 0) is 9.59 Å². The van der Waals surface area contributed by atoms with Crippen LogP contribution in [0.1, 0.15) is 32.1 Å². The Morgan fingerprint density at radius 3 is 3.00 bits per heavy atom. The molecule has 0 aliphatic carbocycles. The summed E-state index contributed by atoms with van der Waals surface area (Å²) < 4.78 is 0. The second kappa shape index (κ2) is 6.13.